The Labute approximate surface area is 128 Å². The van der Waals surface area contributed by atoms with Crippen LogP contribution >= 0.6 is 0 Å². The average Bonchev–Trinajstić information content (AvgIpc) is 2.83. The van der Waals surface area contributed by atoms with E-state index in [2.05, 4.69) is 15.2 Å². The molecule has 0 radical (unpaired) electrons. The summed E-state index contributed by atoms with van der Waals surface area (Å²) in [6.45, 7) is 1.66. The van der Waals surface area contributed by atoms with Gasteiger partial charge in [-0.3, -0.25) is 4.72 Å². The monoisotopic (exact) mass is 324 g/mol. The van der Waals surface area contributed by atoms with E-state index in [1.54, 1.807) is 21.0 Å². The van der Waals surface area contributed by atoms with E-state index in [0.29, 0.717) is 11.4 Å². The third kappa shape index (κ3) is 3.76. The van der Waals surface area contributed by atoms with Gasteiger partial charge in [-0.15, -0.1) is 0 Å². The van der Waals surface area contributed by atoms with E-state index in [0.717, 1.165) is 0 Å². The highest BCUT2D eigenvalue weighted by atomic mass is 32.2. The largest absolute Gasteiger partial charge is 0.360 e. The van der Waals surface area contributed by atoms with E-state index >= 15 is 0 Å². The summed E-state index contributed by atoms with van der Waals surface area (Å²) in [6, 6.07) is 6.96. The first kappa shape index (κ1) is 15.8. The number of aryl methyl sites for hydroxylation is 1. The quantitative estimate of drug-likeness (QED) is 0.893. The lowest BCUT2D eigenvalue weighted by Crippen LogP contribution is -2.27. The number of anilines is 2. The SMILES string of the molecule is Cc1cc(NS(=O)(=O)c2ccc(NC(=O)N(C)C)cc2)no1. The Morgan fingerprint density at radius 2 is 1.86 bits per heavy atom. The summed E-state index contributed by atoms with van der Waals surface area (Å²) in [5.41, 5.74) is 0.495. The van der Waals surface area contributed by atoms with Gasteiger partial charge in [0.2, 0.25) is 0 Å². The number of carbonyl (C=O) groups excluding carboxylic acids is 1. The second-order valence-electron chi connectivity index (χ2n) is 4.78. The van der Waals surface area contributed by atoms with Crippen molar-refractivity contribution in [2.45, 2.75) is 11.8 Å². The number of rotatable bonds is 4. The summed E-state index contributed by atoms with van der Waals surface area (Å²) in [7, 11) is -0.539. The summed E-state index contributed by atoms with van der Waals surface area (Å²) in [5.74, 6) is 0.613. The van der Waals surface area contributed by atoms with Crippen LogP contribution in [0.3, 0.4) is 0 Å². The fourth-order valence-electron chi connectivity index (χ4n) is 1.56. The molecule has 2 aromatic rings. The lowest BCUT2D eigenvalue weighted by Gasteiger charge is -2.12. The molecule has 9 heteroatoms. The van der Waals surface area contributed by atoms with E-state index in [1.807, 2.05) is 0 Å². The molecule has 22 heavy (non-hydrogen) atoms. The zero-order valence-electron chi connectivity index (χ0n) is 12.3. The van der Waals surface area contributed by atoms with E-state index < -0.39 is 10.0 Å². The topological polar surface area (TPSA) is 105 Å². The van der Waals surface area contributed by atoms with Crippen LogP contribution in [-0.2, 0) is 10.0 Å². The minimum atomic E-state index is -3.76. The van der Waals surface area contributed by atoms with Crippen LogP contribution in [0.5, 0.6) is 0 Å². The number of urea groups is 1. The highest BCUT2D eigenvalue weighted by molar-refractivity contribution is 7.92. The van der Waals surface area contributed by atoms with Crippen molar-refractivity contribution in [3.8, 4) is 0 Å². The standard InChI is InChI=1S/C13H16N4O4S/c1-9-8-12(15-21-9)16-22(19,20)11-6-4-10(5-7-11)14-13(18)17(2)3/h4-8H,1-3H3,(H,14,18)(H,15,16). The first-order chi connectivity index (χ1) is 10.3. The number of nitrogens with one attached hydrogen (secondary N) is 2. The van der Waals surface area contributed by atoms with Crippen LogP contribution in [-0.4, -0.2) is 38.6 Å². The normalized spacial score (nSPS) is 11.0. The number of benzene rings is 1. The Kier molecular flexibility index (Phi) is 4.36. The lowest BCUT2D eigenvalue weighted by molar-refractivity contribution is 0.230. The third-order valence-electron chi connectivity index (χ3n) is 2.69. The van der Waals surface area contributed by atoms with Crippen LogP contribution in [0.15, 0.2) is 39.8 Å². The van der Waals surface area contributed by atoms with Gasteiger partial charge in [0.1, 0.15) is 5.76 Å². The molecule has 8 nitrogen and oxygen atoms in total. The molecule has 2 amide bonds. The maximum atomic E-state index is 12.2. The molecule has 1 aromatic carbocycles. The molecule has 0 fully saturated rings. The molecule has 118 valence electrons. The summed E-state index contributed by atoms with van der Waals surface area (Å²) < 4.78 is 31.4. The maximum Gasteiger partial charge on any atom is 0.321 e. The van der Waals surface area contributed by atoms with Crippen LogP contribution in [0.2, 0.25) is 0 Å². The highest BCUT2D eigenvalue weighted by Gasteiger charge is 2.16. The molecular formula is C13H16N4O4S. The van der Waals surface area contributed by atoms with Gasteiger partial charge in [-0.25, -0.2) is 13.2 Å². The van der Waals surface area contributed by atoms with Crippen molar-refractivity contribution >= 4 is 27.6 Å². The predicted octanol–water partition coefficient (Wildman–Crippen LogP) is 1.88. The molecule has 0 saturated carbocycles. The van der Waals surface area contributed by atoms with Gasteiger partial charge in [0, 0.05) is 25.8 Å². The molecule has 0 aliphatic heterocycles. The van der Waals surface area contributed by atoms with Crippen LogP contribution in [0, 0.1) is 6.92 Å². The Morgan fingerprint density at radius 3 is 2.36 bits per heavy atom. The molecule has 0 aliphatic rings. The molecular weight excluding hydrogens is 308 g/mol. The van der Waals surface area contributed by atoms with E-state index in [-0.39, 0.29) is 16.7 Å². The van der Waals surface area contributed by atoms with Gasteiger partial charge in [-0.2, -0.15) is 0 Å². The van der Waals surface area contributed by atoms with E-state index in [1.165, 1.54) is 35.2 Å². The summed E-state index contributed by atoms with van der Waals surface area (Å²) in [6.07, 6.45) is 0. The Bertz CT molecular complexity index is 766. The number of nitrogens with zero attached hydrogens (tertiary/aromatic N) is 2. The molecule has 0 aliphatic carbocycles. The van der Waals surface area contributed by atoms with Crippen molar-refractivity contribution < 1.29 is 17.7 Å². The number of hydrogen-bond acceptors (Lipinski definition) is 5. The Balaban J connectivity index is 2.13. The molecule has 2 rings (SSSR count). The Hall–Kier alpha value is -2.55. The number of sulfonamides is 1. The molecule has 2 N–H and O–H groups in total. The van der Waals surface area contributed by atoms with Crippen LogP contribution in [0.25, 0.3) is 0 Å². The second-order valence-corrected chi connectivity index (χ2v) is 6.46. The summed E-state index contributed by atoms with van der Waals surface area (Å²) in [5, 5.41) is 6.19. The van der Waals surface area contributed by atoms with Gasteiger partial charge in [0.15, 0.2) is 5.82 Å². The molecule has 0 atom stereocenters. The van der Waals surface area contributed by atoms with Gasteiger partial charge in [-0.1, -0.05) is 5.16 Å². The number of carbonyl (C=O) groups is 1. The van der Waals surface area contributed by atoms with Crippen LogP contribution < -0.4 is 10.0 Å². The molecule has 0 bridgehead atoms. The molecule has 0 saturated heterocycles. The average molecular weight is 324 g/mol. The summed E-state index contributed by atoms with van der Waals surface area (Å²) in [4.78, 5) is 12.9. The Morgan fingerprint density at radius 1 is 1.23 bits per heavy atom. The third-order valence-corrected chi connectivity index (χ3v) is 4.06. The zero-order chi connectivity index (χ0) is 16.3. The van der Waals surface area contributed by atoms with Gasteiger partial charge in [0.05, 0.1) is 4.90 Å². The van der Waals surface area contributed by atoms with Gasteiger partial charge in [0.25, 0.3) is 10.0 Å². The molecule has 0 spiro atoms. The minimum Gasteiger partial charge on any atom is -0.360 e. The zero-order valence-corrected chi connectivity index (χ0v) is 13.1. The van der Waals surface area contributed by atoms with Crippen LogP contribution in [0.1, 0.15) is 5.76 Å². The number of amides is 2. The van der Waals surface area contributed by atoms with Crippen LogP contribution in [0.4, 0.5) is 16.3 Å². The first-order valence-corrected chi connectivity index (χ1v) is 7.81. The summed E-state index contributed by atoms with van der Waals surface area (Å²) >= 11 is 0. The fourth-order valence-corrected chi connectivity index (χ4v) is 2.55. The van der Waals surface area contributed by atoms with Gasteiger partial charge >= 0.3 is 6.03 Å². The van der Waals surface area contributed by atoms with Crippen molar-refractivity contribution in [2.24, 2.45) is 0 Å². The number of hydrogen-bond donors (Lipinski definition) is 2. The van der Waals surface area contributed by atoms with Crippen molar-refractivity contribution in [1.82, 2.24) is 10.1 Å². The predicted molar refractivity (Wildman–Crippen MR) is 81.2 cm³/mol. The molecule has 1 aromatic heterocycles. The molecule has 1 heterocycles. The van der Waals surface area contributed by atoms with Crippen molar-refractivity contribution in [1.29, 1.82) is 0 Å². The second kappa shape index (κ2) is 6.06. The van der Waals surface area contributed by atoms with Crippen molar-refractivity contribution in [3.63, 3.8) is 0 Å². The van der Waals surface area contributed by atoms with E-state index in [4.69, 9.17) is 4.52 Å². The fraction of sp³-hybridized carbons (Fsp3) is 0.231. The smallest absolute Gasteiger partial charge is 0.321 e. The number of aromatic nitrogens is 1. The van der Waals surface area contributed by atoms with Crippen molar-refractivity contribution in [2.75, 3.05) is 24.1 Å². The van der Waals surface area contributed by atoms with Gasteiger partial charge in [-0.05, 0) is 31.2 Å². The lowest BCUT2D eigenvalue weighted by atomic mass is 10.3. The van der Waals surface area contributed by atoms with Crippen molar-refractivity contribution in [3.05, 3.63) is 36.1 Å². The van der Waals surface area contributed by atoms with Gasteiger partial charge < -0.3 is 14.7 Å². The molecule has 0 unspecified atom stereocenters. The highest BCUT2D eigenvalue weighted by Crippen LogP contribution is 2.18. The minimum absolute atomic E-state index is 0.0519. The van der Waals surface area contributed by atoms with E-state index in [9.17, 15) is 13.2 Å². The first-order valence-electron chi connectivity index (χ1n) is 6.32. The maximum absolute atomic E-state index is 12.2.